The largest absolute Gasteiger partial charge is 0.338 e. The predicted octanol–water partition coefficient (Wildman–Crippen LogP) is 3.88. The zero-order valence-electron chi connectivity index (χ0n) is 9.88. The van der Waals surface area contributed by atoms with Crippen LogP contribution < -0.4 is 0 Å². The topological polar surface area (TPSA) is 62.7 Å². The van der Waals surface area contributed by atoms with Crippen LogP contribution in [0.5, 0.6) is 0 Å². The molecule has 0 aliphatic carbocycles. The first kappa shape index (κ1) is 14.4. The van der Waals surface area contributed by atoms with Crippen molar-refractivity contribution in [2.45, 2.75) is 16.4 Å². The standard InChI is InChI=1S/C12H10BrN3OS2/c13-9-1-3-10(4-2-9)19-7-11-15-12(17-16-11)8-18-6-5-14/h1-4H,6-8H2. The Morgan fingerprint density at radius 1 is 1.26 bits per heavy atom. The van der Waals surface area contributed by atoms with Gasteiger partial charge in [-0.05, 0) is 24.3 Å². The van der Waals surface area contributed by atoms with Crippen LogP contribution in [0.3, 0.4) is 0 Å². The lowest BCUT2D eigenvalue weighted by atomic mass is 10.4. The lowest BCUT2D eigenvalue weighted by Crippen LogP contribution is -1.85. The number of hydrogen-bond acceptors (Lipinski definition) is 6. The summed E-state index contributed by atoms with van der Waals surface area (Å²) >= 11 is 6.53. The van der Waals surface area contributed by atoms with E-state index in [0.717, 1.165) is 9.37 Å². The molecule has 0 amide bonds. The van der Waals surface area contributed by atoms with Gasteiger partial charge in [0.05, 0.1) is 23.3 Å². The average Bonchev–Trinajstić information content (AvgIpc) is 2.86. The van der Waals surface area contributed by atoms with E-state index in [-0.39, 0.29) is 0 Å². The minimum absolute atomic E-state index is 0.436. The molecule has 0 fully saturated rings. The predicted molar refractivity (Wildman–Crippen MR) is 79.8 cm³/mol. The van der Waals surface area contributed by atoms with Crippen molar-refractivity contribution in [1.29, 1.82) is 5.26 Å². The number of hydrogen-bond donors (Lipinski definition) is 0. The first-order chi connectivity index (χ1) is 9.28. The molecule has 0 radical (unpaired) electrons. The first-order valence-electron chi connectivity index (χ1n) is 5.42. The van der Waals surface area contributed by atoms with Crippen molar-refractivity contribution in [2.24, 2.45) is 0 Å². The number of halogens is 1. The molecule has 98 valence electrons. The van der Waals surface area contributed by atoms with E-state index in [4.69, 9.17) is 9.78 Å². The summed E-state index contributed by atoms with van der Waals surface area (Å²) in [6.45, 7) is 0. The van der Waals surface area contributed by atoms with Crippen LogP contribution in [-0.2, 0) is 11.5 Å². The van der Waals surface area contributed by atoms with E-state index in [1.807, 2.05) is 24.3 Å². The second-order valence-electron chi connectivity index (χ2n) is 3.50. The van der Waals surface area contributed by atoms with Crippen molar-refractivity contribution in [3.63, 3.8) is 0 Å². The van der Waals surface area contributed by atoms with E-state index in [1.165, 1.54) is 11.8 Å². The highest BCUT2D eigenvalue weighted by Gasteiger charge is 2.06. The summed E-state index contributed by atoms with van der Waals surface area (Å²) in [5, 5.41) is 12.4. The molecule has 4 nitrogen and oxygen atoms in total. The molecule has 0 saturated heterocycles. The summed E-state index contributed by atoms with van der Waals surface area (Å²) in [4.78, 5) is 5.44. The maximum absolute atomic E-state index is 8.44. The number of rotatable bonds is 6. The van der Waals surface area contributed by atoms with Crippen molar-refractivity contribution in [2.75, 3.05) is 5.75 Å². The molecule has 0 saturated carbocycles. The zero-order valence-corrected chi connectivity index (χ0v) is 13.1. The van der Waals surface area contributed by atoms with Crippen molar-refractivity contribution in [3.05, 3.63) is 40.5 Å². The fourth-order valence-corrected chi connectivity index (χ4v) is 2.76. The van der Waals surface area contributed by atoms with E-state index in [0.29, 0.717) is 29.0 Å². The molecule has 0 unspecified atom stereocenters. The van der Waals surface area contributed by atoms with Crippen LogP contribution in [0.1, 0.15) is 11.7 Å². The molecule has 0 spiro atoms. The number of benzene rings is 1. The van der Waals surface area contributed by atoms with Crippen LogP contribution in [0.2, 0.25) is 0 Å². The third-order valence-corrected chi connectivity index (χ3v) is 4.40. The van der Waals surface area contributed by atoms with Crippen LogP contribution in [0, 0.1) is 11.3 Å². The van der Waals surface area contributed by atoms with Gasteiger partial charge in [-0.15, -0.1) is 23.5 Å². The molecule has 7 heteroatoms. The summed E-state index contributed by atoms with van der Waals surface area (Å²) in [6, 6.07) is 10.1. The first-order valence-corrected chi connectivity index (χ1v) is 8.36. The van der Waals surface area contributed by atoms with Gasteiger partial charge in [-0.1, -0.05) is 21.1 Å². The average molecular weight is 356 g/mol. The quantitative estimate of drug-likeness (QED) is 0.578. The highest BCUT2D eigenvalue weighted by Crippen LogP contribution is 2.23. The highest BCUT2D eigenvalue weighted by molar-refractivity contribution is 9.10. The Kier molecular flexibility index (Phi) is 5.76. The normalized spacial score (nSPS) is 10.3. The van der Waals surface area contributed by atoms with Crippen molar-refractivity contribution >= 4 is 39.5 Å². The van der Waals surface area contributed by atoms with Gasteiger partial charge in [-0.25, -0.2) is 0 Å². The van der Waals surface area contributed by atoms with Gasteiger partial charge in [-0.3, -0.25) is 0 Å². The van der Waals surface area contributed by atoms with Crippen molar-refractivity contribution in [3.8, 4) is 6.07 Å². The van der Waals surface area contributed by atoms with E-state index in [2.05, 4.69) is 32.1 Å². The third kappa shape index (κ3) is 4.90. The van der Waals surface area contributed by atoms with Crippen LogP contribution >= 0.6 is 39.5 Å². The van der Waals surface area contributed by atoms with Gasteiger partial charge in [0.25, 0.3) is 0 Å². The summed E-state index contributed by atoms with van der Waals surface area (Å²) in [5.41, 5.74) is 0. The minimum Gasteiger partial charge on any atom is -0.338 e. The van der Waals surface area contributed by atoms with Gasteiger partial charge in [-0.2, -0.15) is 10.2 Å². The van der Waals surface area contributed by atoms with Crippen LogP contribution in [0.25, 0.3) is 0 Å². The summed E-state index contributed by atoms with van der Waals surface area (Å²) in [5.74, 6) is 2.95. The van der Waals surface area contributed by atoms with Gasteiger partial charge < -0.3 is 4.52 Å². The molecular weight excluding hydrogens is 346 g/mol. The van der Waals surface area contributed by atoms with E-state index in [9.17, 15) is 0 Å². The Hall–Kier alpha value is -0.970. The van der Waals surface area contributed by atoms with E-state index >= 15 is 0 Å². The number of aromatic nitrogens is 2. The third-order valence-electron chi connectivity index (χ3n) is 2.08. The van der Waals surface area contributed by atoms with Gasteiger partial charge in [0, 0.05) is 9.37 Å². The molecule has 0 aliphatic heterocycles. The smallest absolute Gasteiger partial charge is 0.236 e. The van der Waals surface area contributed by atoms with Crippen LogP contribution in [-0.4, -0.2) is 15.9 Å². The highest BCUT2D eigenvalue weighted by atomic mass is 79.9. The summed E-state index contributed by atoms with van der Waals surface area (Å²) in [7, 11) is 0. The van der Waals surface area contributed by atoms with Crippen LogP contribution in [0.15, 0.2) is 38.2 Å². The van der Waals surface area contributed by atoms with Crippen molar-refractivity contribution in [1.82, 2.24) is 10.1 Å². The second-order valence-corrected chi connectivity index (χ2v) is 6.45. The lowest BCUT2D eigenvalue weighted by molar-refractivity contribution is 0.386. The maximum atomic E-state index is 8.44. The van der Waals surface area contributed by atoms with Gasteiger partial charge in [0.1, 0.15) is 0 Å². The zero-order chi connectivity index (χ0) is 13.5. The number of thioether (sulfide) groups is 2. The Bertz CT molecular complexity index is 565. The summed E-state index contributed by atoms with van der Waals surface area (Å²) in [6.07, 6.45) is 0. The van der Waals surface area contributed by atoms with E-state index < -0.39 is 0 Å². The van der Waals surface area contributed by atoms with Crippen molar-refractivity contribution < 1.29 is 4.52 Å². The molecule has 0 aliphatic rings. The van der Waals surface area contributed by atoms with Gasteiger partial charge >= 0.3 is 0 Å². The Labute approximate surface area is 128 Å². The fraction of sp³-hybridized carbons (Fsp3) is 0.250. The summed E-state index contributed by atoms with van der Waals surface area (Å²) < 4.78 is 6.17. The Balaban J connectivity index is 1.83. The van der Waals surface area contributed by atoms with Gasteiger partial charge in [0.2, 0.25) is 5.89 Å². The SMILES string of the molecule is N#CCSCc1nc(CSc2ccc(Br)cc2)no1. The molecule has 1 aromatic heterocycles. The molecule has 2 rings (SSSR count). The molecule has 0 N–H and O–H groups in total. The number of nitriles is 1. The monoisotopic (exact) mass is 355 g/mol. The molecule has 1 heterocycles. The molecule has 0 atom stereocenters. The second kappa shape index (κ2) is 7.58. The molecule has 1 aromatic carbocycles. The fourth-order valence-electron chi connectivity index (χ4n) is 1.27. The Morgan fingerprint density at radius 2 is 2.05 bits per heavy atom. The molecular formula is C12H10BrN3OS2. The minimum atomic E-state index is 0.436. The molecule has 19 heavy (non-hydrogen) atoms. The maximum Gasteiger partial charge on any atom is 0.236 e. The number of nitrogens with zero attached hydrogens (tertiary/aromatic N) is 3. The lowest BCUT2D eigenvalue weighted by Gasteiger charge is -1.97. The molecule has 0 bridgehead atoms. The molecule has 2 aromatic rings. The Morgan fingerprint density at radius 3 is 2.79 bits per heavy atom. The van der Waals surface area contributed by atoms with E-state index in [1.54, 1.807) is 11.8 Å². The van der Waals surface area contributed by atoms with Crippen LogP contribution in [0.4, 0.5) is 0 Å². The van der Waals surface area contributed by atoms with Gasteiger partial charge in [0.15, 0.2) is 5.82 Å².